The molecule has 1 heterocycles. The number of rotatable bonds is 4. The van der Waals surface area contributed by atoms with Crippen molar-refractivity contribution in [1.29, 1.82) is 0 Å². The van der Waals surface area contributed by atoms with E-state index in [1.54, 1.807) is 25.2 Å². The SMILES string of the molecule is Cl.Cn1c(=O)oc2cc(C(CN)CC(=O)O)ccc21. The van der Waals surface area contributed by atoms with Gasteiger partial charge in [0, 0.05) is 13.0 Å². The predicted molar refractivity (Wildman–Crippen MR) is 72.8 cm³/mol. The van der Waals surface area contributed by atoms with Crippen molar-refractivity contribution in [1.82, 2.24) is 4.57 Å². The Morgan fingerprint density at radius 1 is 1.53 bits per heavy atom. The van der Waals surface area contributed by atoms with Gasteiger partial charge in [-0.25, -0.2) is 4.79 Å². The number of oxazole rings is 1. The fraction of sp³-hybridized carbons (Fsp3) is 0.333. The van der Waals surface area contributed by atoms with Crippen molar-refractivity contribution in [3.8, 4) is 0 Å². The minimum atomic E-state index is -0.903. The van der Waals surface area contributed by atoms with Crippen molar-refractivity contribution in [3.05, 3.63) is 34.3 Å². The molecule has 1 atom stereocenters. The average Bonchev–Trinajstić information content (AvgIpc) is 2.61. The lowest BCUT2D eigenvalue weighted by Gasteiger charge is -2.12. The van der Waals surface area contributed by atoms with Crippen molar-refractivity contribution in [2.75, 3.05) is 6.54 Å². The van der Waals surface area contributed by atoms with Crippen molar-refractivity contribution in [2.24, 2.45) is 12.8 Å². The van der Waals surface area contributed by atoms with Gasteiger partial charge in [0.25, 0.3) is 0 Å². The highest BCUT2D eigenvalue weighted by atomic mass is 35.5. The molecule has 19 heavy (non-hydrogen) atoms. The third-order valence-corrected chi connectivity index (χ3v) is 2.99. The van der Waals surface area contributed by atoms with Crippen LogP contribution in [0.5, 0.6) is 0 Å². The van der Waals surface area contributed by atoms with Crippen LogP contribution in [0.15, 0.2) is 27.4 Å². The molecule has 2 aromatic rings. The predicted octanol–water partition coefficient (Wildman–Crippen LogP) is 1.07. The molecule has 0 aliphatic rings. The standard InChI is InChI=1S/C12H14N2O4.ClH/c1-14-9-3-2-7(4-10(9)18-12(14)17)8(6-13)5-11(15)16;/h2-4,8H,5-6,13H2,1H3,(H,15,16);1H. The molecule has 6 nitrogen and oxygen atoms in total. The van der Waals surface area contributed by atoms with Gasteiger partial charge in [-0.2, -0.15) is 0 Å². The third kappa shape index (κ3) is 2.97. The molecular formula is C12H15ClN2O4. The summed E-state index contributed by atoms with van der Waals surface area (Å²) in [6.45, 7) is 0.231. The van der Waals surface area contributed by atoms with E-state index in [-0.39, 0.29) is 31.3 Å². The molecule has 1 unspecified atom stereocenters. The molecule has 0 aliphatic carbocycles. The zero-order valence-corrected chi connectivity index (χ0v) is 11.1. The number of carbonyl (C=O) groups is 1. The van der Waals surface area contributed by atoms with E-state index >= 15 is 0 Å². The number of nitrogens with zero attached hydrogens (tertiary/aromatic N) is 1. The van der Waals surface area contributed by atoms with Gasteiger partial charge in [0.05, 0.1) is 11.9 Å². The zero-order valence-electron chi connectivity index (χ0n) is 10.3. The van der Waals surface area contributed by atoms with Gasteiger partial charge < -0.3 is 15.3 Å². The van der Waals surface area contributed by atoms with Crippen molar-refractivity contribution in [3.63, 3.8) is 0 Å². The van der Waals surface area contributed by atoms with Gasteiger partial charge in [-0.05, 0) is 24.2 Å². The largest absolute Gasteiger partial charge is 0.481 e. The molecule has 0 fully saturated rings. The molecule has 0 spiro atoms. The fourth-order valence-corrected chi connectivity index (χ4v) is 1.95. The highest BCUT2D eigenvalue weighted by Gasteiger charge is 2.16. The lowest BCUT2D eigenvalue weighted by molar-refractivity contribution is -0.137. The highest BCUT2D eigenvalue weighted by molar-refractivity contribution is 5.85. The monoisotopic (exact) mass is 286 g/mol. The molecule has 7 heteroatoms. The van der Waals surface area contributed by atoms with Crippen LogP contribution in [0, 0.1) is 0 Å². The molecule has 0 amide bonds. The Bertz CT molecular complexity index is 647. The second kappa shape index (κ2) is 5.90. The minimum absolute atomic E-state index is 0. The summed E-state index contributed by atoms with van der Waals surface area (Å²) >= 11 is 0. The first-order valence-electron chi connectivity index (χ1n) is 5.54. The summed E-state index contributed by atoms with van der Waals surface area (Å²) in [6, 6.07) is 5.19. The van der Waals surface area contributed by atoms with Gasteiger partial charge in [-0.1, -0.05) is 6.07 Å². The van der Waals surface area contributed by atoms with Crippen LogP contribution in [0.1, 0.15) is 17.9 Å². The number of aromatic nitrogens is 1. The number of carboxylic acid groups (broad SMARTS) is 1. The van der Waals surface area contributed by atoms with Gasteiger partial charge >= 0.3 is 11.7 Å². The van der Waals surface area contributed by atoms with Crippen LogP contribution < -0.4 is 11.5 Å². The molecule has 0 saturated carbocycles. The highest BCUT2D eigenvalue weighted by Crippen LogP contribution is 2.23. The van der Waals surface area contributed by atoms with Gasteiger partial charge in [-0.15, -0.1) is 12.4 Å². The molecule has 0 radical (unpaired) electrons. The molecular weight excluding hydrogens is 272 g/mol. The second-order valence-electron chi connectivity index (χ2n) is 4.18. The van der Waals surface area contributed by atoms with Crippen molar-refractivity contribution < 1.29 is 14.3 Å². The first-order valence-corrected chi connectivity index (χ1v) is 5.54. The average molecular weight is 287 g/mol. The number of benzene rings is 1. The lowest BCUT2D eigenvalue weighted by atomic mass is 9.96. The maximum Gasteiger partial charge on any atom is 0.419 e. The summed E-state index contributed by atoms with van der Waals surface area (Å²) in [7, 11) is 1.62. The summed E-state index contributed by atoms with van der Waals surface area (Å²) in [4.78, 5) is 22.1. The Labute approximate surface area is 115 Å². The normalized spacial score (nSPS) is 12.1. The number of carboxylic acids is 1. The van der Waals surface area contributed by atoms with Crippen molar-refractivity contribution in [2.45, 2.75) is 12.3 Å². The van der Waals surface area contributed by atoms with E-state index in [0.717, 1.165) is 5.56 Å². The van der Waals surface area contributed by atoms with Crippen LogP contribution in [-0.4, -0.2) is 22.2 Å². The summed E-state index contributed by atoms with van der Waals surface area (Å²) < 4.78 is 6.45. The van der Waals surface area contributed by atoms with E-state index in [9.17, 15) is 9.59 Å². The molecule has 2 rings (SSSR count). The molecule has 1 aromatic carbocycles. The first kappa shape index (κ1) is 15.3. The third-order valence-electron chi connectivity index (χ3n) is 2.99. The molecule has 0 bridgehead atoms. The van der Waals surface area contributed by atoms with E-state index in [1.807, 2.05) is 0 Å². The minimum Gasteiger partial charge on any atom is -0.481 e. The maximum atomic E-state index is 11.3. The van der Waals surface area contributed by atoms with Crippen LogP contribution in [0.2, 0.25) is 0 Å². The summed E-state index contributed by atoms with van der Waals surface area (Å²) in [5, 5.41) is 8.80. The van der Waals surface area contributed by atoms with Crippen LogP contribution in [0.25, 0.3) is 11.1 Å². The maximum absolute atomic E-state index is 11.3. The molecule has 3 N–H and O–H groups in total. The first-order chi connectivity index (χ1) is 8.52. The van der Waals surface area contributed by atoms with Crippen LogP contribution in [0.4, 0.5) is 0 Å². The summed E-state index contributed by atoms with van der Waals surface area (Å²) in [5.74, 6) is -1.62. The summed E-state index contributed by atoms with van der Waals surface area (Å²) in [5.41, 5.74) is 7.46. The van der Waals surface area contributed by atoms with E-state index in [0.29, 0.717) is 11.1 Å². The van der Waals surface area contributed by atoms with Crippen molar-refractivity contribution >= 4 is 29.5 Å². The number of nitrogens with two attached hydrogens (primary N) is 1. The molecule has 0 aliphatic heterocycles. The number of hydrogen-bond donors (Lipinski definition) is 2. The van der Waals surface area contributed by atoms with E-state index in [1.165, 1.54) is 4.57 Å². The van der Waals surface area contributed by atoms with E-state index in [4.69, 9.17) is 15.3 Å². The van der Waals surface area contributed by atoms with Crippen LogP contribution in [-0.2, 0) is 11.8 Å². The second-order valence-corrected chi connectivity index (χ2v) is 4.18. The molecule has 0 saturated heterocycles. The summed E-state index contributed by atoms with van der Waals surface area (Å²) in [6.07, 6.45) is -0.0426. The number of hydrogen-bond acceptors (Lipinski definition) is 4. The smallest absolute Gasteiger partial charge is 0.419 e. The van der Waals surface area contributed by atoms with Crippen LogP contribution >= 0.6 is 12.4 Å². The van der Waals surface area contributed by atoms with Gasteiger partial charge in [0.15, 0.2) is 5.58 Å². The number of aryl methyl sites for hydroxylation is 1. The Morgan fingerprint density at radius 3 is 2.79 bits per heavy atom. The number of aliphatic carboxylic acids is 1. The van der Waals surface area contributed by atoms with Gasteiger partial charge in [-0.3, -0.25) is 9.36 Å². The topological polar surface area (TPSA) is 98.5 Å². The number of halogens is 1. The van der Waals surface area contributed by atoms with E-state index in [2.05, 4.69) is 0 Å². The van der Waals surface area contributed by atoms with Crippen LogP contribution in [0.3, 0.4) is 0 Å². The number of fused-ring (bicyclic) bond motifs is 1. The van der Waals surface area contributed by atoms with E-state index < -0.39 is 11.7 Å². The fourth-order valence-electron chi connectivity index (χ4n) is 1.95. The Kier molecular flexibility index (Phi) is 4.74. The lowest BCUT2D eigenvalue weighted by Crippen LogP contribution is -2.16. The molecule has 104 valence electrons. The quantitative estimate of drug-likeness (QED) is 0.876. The Balaban J connectivity index is 0.00000180. The zero-order chi connectivity index (χ0) is 13.3. The Morgan fingerprint density at radius 2 is 2.21 bits per heavy atom. The van der Waals surface area contributed by atoms with Gasteiger partial charge in [0.1, 0.15) is 0 Å². The Hall–Kier alpha value is -1.79. The molecule has 1 aromatic heterocycles. The van der Waals surface area contributed by atoms with Gasteiger partial charge in [0.2, 0.25) is 0 Å².